The number of nitrogens with one attached hydrogen (secondary N) is 1. The van der Waals surface area contributed by atoms with Crippen molar-refractivity contribution >= 4 is 0 Å². The first kappa shape index (κ1) is 14.2. The van der Waals surface area contributed by atoms with E-state index in [1.807, 2.05) is 19.1 Å². The molecule has 106 valence electrons. The summed E-state index contributed by atoms with van der Waals surface area (Å²) < 4.78 is 11.0. The second-order valence-corrected chi connectivity index (χ2v) is 5.03. The van der Waals surface area contributed by atoms with Crippen LogP contribution < -0.4 is 10.1 Å². The minimum absolute atomic E-state index is 0.269. The van der Waals surface area contributed by atoms with Crippen LogP contribution in [0.15, 0.2) is 12.1 Å². The summed E-state index contributed by atoms with van der Waals surface area (Å²) in [7, 11) is 3.78. The van der Waals surface area contributed by atoms with Gasteiger partial charge < -0.3 is 14.8 Å². The quantitative estimate of drug-likeness (QED) is 0.854. The van der Waals surface area contributed by atoms with E-state index in [2.05, 4.69) is 22.2 Å². The molecule has 19 heavy (non-hydrogen) atoms. The van der Waals surface area contributed by atoms with Crippen LogP contribution in [-0.4, -0.2) is 56.4 Å². The summed E-state index contributed by atoms with van der Waals surface area (Å²) in [6, 6.07) is 3.93. The minimum atomic E-state index is 0.269. The molecule has 0 spiro atoms. The Labute approximate surface area is 114 Å². The normalized spacial score (nSPS) is 19.7. The van der Waals surface area contributed by atoms with Crippen molar-refractivity contribution in [1.82, 2.24) is 15.2 Å². The Bertz CT molecular complexity index is 406. The third-order valence-electron chi connectivity index (χ3n) is 3.17. The summed E-state index contributed by atoms with van der Waals surface area (Å²) in [6.07, 6.45) is 0.269. The number of aromatic nitrogens is 1. The van der Waals surface area contributed by atoms with Gasteiger partial charge in [-0.05, 0) is 14.0 Å². The number of nitrogens with zero attached hydrogens (tertiary/aromatic N) is 2. The zero-order chi connectivity index (χ0) is 13.7. The zero-order valence-electron chi connectivity index (χ0n) is 12.0. The molecule has 1 atom stereocenters. The average Bonchev–Trinajstić information content (AvgIpc) is 2.38. The SMILES string of the molecule is COc1cc(C)nc(CN(C)CC2CNCCO2)c1. The number of likely N-dealkylation sites (N-methyl/N-ethyl adjacent to an activating group) is 1. The van der Waals surface area contributed by atoms with Gasteiger partial charge in [-0.25, -0.2) is 0 Å². The number of morpholine rings is 1. The fourth-order valence-electron chi connectivity index (χ4n) is 2.33. The molecule has 0 radical (unpaired) electrons. The largest absolute Gasteiger partial charge is 0.497 e. The summed E-state index contributed by atoms with van der Waals surface area (Å²) >= 11 is 0. The minimum Gasteiger partial charge on any atom is -0.497 e. The molecule has 1 aliphatic rings. The smallest absolute Gasteiger partial charge is 0.122 e. The number of rotatable bonds is 5. The number of pyridine rings is 1. The van der Waals surface area contributed by atoms with Gasteiger partial charge in [-0.15, -0.1) is 0 Å². The van der Waals surface area contributed by atoms with Crippen molar-refractivity contribution in [2.45, 2.75) is 19.6 Å². The topological polar surface area (TPSA) is 46.6 Å². The van der Waals surface area contributed by atoms with Crippen molar-refractivity contribution in [1.29, 1.82) is 0 Å². The Morgan fingerprint density at radius 3 is 3.05 bits per heavy atom. The van der Waals surface area contributed by atoms with Crippen LogP contribution in [0.5, 0.6) is 5.75 Å². The van der Waals surface area contributed by atoms with Crippen LogP contribution in [0.2, 0.25) is 0 Å². The van der Waals surface area contributed by atoms with E-state index in [-0.39, 0.29) is 6.10 Å². The Morgan fingerprint density at radius 2 is 2.37 bits per heavy atom. The van der Waals surface area contributed by atoms with Crippen LogP contribution in [0.25, 0.3) is 0 Å². The Morgan fingerprint density at radius 1 is 1.53 bits per heavy atom. The third kappa shape index (κ3) is 4.45. The van der Waals surface area contributed by atoms with Crippen LogP contribution in [0.4, 0.5) is 0 Å². The highest BCUT2D eigenvalue weighted by Crippen LogP contribution is 2.14. The van der Waals surface area contributed by atoms with Gasteiger partial charge in [0.1, 0.15) is 5.75 Å². The number of methoxy groups -OCH3 is 1. The van der Waals surface area contributed by atoms with Crippen LogP contribution in [0, 0.1) is 6.92 Å². The number of ether oxygens (including phenoxy) is 2. The van der Waals surface area contributed by atoms with E-state index < -0.39 is 0 Å². The van der Waals surface area contributed by atoms with Crippen molar-refractivity contribution < 1.29 is 9.47 Å². The molecule has 1 N–H and O–H groups in total. The predicted molar refractivity (Wildman–Crippen MR) is 74.5 cm³/mol. The van der Waals surface area contributed by atoms with Gasteiger partial charge in [-0.3, -0.25) is 9.88 Å². The molecule has 0 saturated carbocycles. The fourth-order valence-corrected chi connectivity index (χ4v) is 2.33. The molecule has 2 rings (SSSR count). The highest BCUT2D eigenvalue weighted by Gasteiger charge is 2.16. The van der Waals surface area contributed by atoms with Crippen molar-refractivity contribution in [2.24, 2.45) is 0 Å². The highest BCUT2D eigenvalue weighted by molar-refractivity contribution is 5.26. The zero-order valence-corrected chi connectivity index (χ0v) is 12.0. The molecule has 0 amide bonds. The summed E-state index contributed by atoms with van der Waals surface area (Å²) in [5.41, 5.74) is 2.02. The van der Waals surface area contributed by atoms with Crippen LogP contribution in [0.3, 0.4) is 0 Å². The Hall–Kier alpha value is -1.17. The fraction of sp³-hybridized carbons (Fsp3) is 0.643. The molecule has 1 aromatic heterocycles. The molecule has 0 bridgehead atoms. The molecule has 5 heteroatoms. The van der Waals surface area contributed by atoms with Gasteiger partial charge in [-0.2, -0.15) is 0 Å². The Balaban J connectivity index is 1.90. The van der Waals surface area contributed by atoms with E-state index in [0.29, 0.717) is 0 Å². The predicted octanol–water partition coefficient (Wildman–Crippen LogP) is 0.819. The summed E-state index contributed by atoms with van der Waals surface area (Å²) in [4.78, 5) is 6.77. The van der Waals surface area contributed by atoms with Gasteiger partial charge in [0, 0.05) is 44.0 Å². The third-order valence-corrected chi connectivity index (χ3v) is 3.17. The first-order valence-electron chi connectivity index (χ1n) is 6.70. The monoisotopic (exact) mass is 265 g/mol. The lowest BCUT2D eigenvalue weighted by molar-refractivity contribution is 0.00867. The maximum Gasteiger partial charge on any atom is 0.122 e. The summed E-state index contributed by atoms with van der Waals surface area (Å²) in [6.45, 7) is 6.38. The van der Waals surface area contributed by atoms with Gasteiger partial charge in [0.05, 0.1) is 25.5 Å². The van der Waals surface area contributed by atoms with E-state index >= 15 is 0 Å². The molecule has 0 aliphatic carbocycles. The number of hydrogen-bond acceptors (Lipinski definition) is 5. The van der Waals surface area contributed by atoms with Crippen LogP contribution >= 0.6 is 0 Å². The van der Waals surface area contributed by atoms with E-state index in [9.17, 15) is 0 Å². The molecule has 5 nitrogen and oxygen atoms in total. The van der Waals surface area contributed by atoms with E-state index in [1.54, 1.807) is 7.11 Å². The van der Waals surface area contributed by atoms with E-state index in [0.717, 1.165) is 49.9 Å². The average molecular weight is 265 g/mol. The molecular formula is C14H23N3O2. The first-order valence-corrected chi connectivity index (χ1v) is 6.70. The molecule has 2 heterocycles. The second kappa shape index (κ2) is 6.84. The highest BCUT2D eigenvalue weighted by atomic mass is 16.5. The van der Waals surface area contributed by atoms with Crippen LogP contribution in [0.1, 0.15) is 11.4 Å². The van der Waals surface area contributed by atoms with Gasteiger partial charge >= 0.3 is 0 Å². The molecular weight excluding hydrogens is 242 g/mol. The molecule has 0 aromatic carbocycles. The molecule has 1 aliphatic heterocycles. The Kier molecular flexibility index (Phi) is 5.13. The van der Waals surface area contributed by atoms with E-state index in [4.69, 9.17) is 9.47 Å². The van der Waals surface area contributed by atoms with Crippen molar-refractivity contribution in [2.75, 3.05) is 40.4 Å². The second-order valence-electron chi connectivity index (χ2n) is 5.03. The van der Waals surface area contributed by atoms with Crippen molar-refractivity contribution in [3.63, 3.8) is 0 Å². The van der Waals surface area contributed by atoms with Gasteiger partial charge in [0.15, 0.2) is 0 Å². The van der Waals surface area contributed by atoms with Gasteiger partial charge in [-0.1, -0.05) is 0 Å². The number of aryl methyl sites for hydroxylation is 1. The maximum atomic E-state index is 5.71. The van der Waals surface area contributed by atoms with E-state index in [1.165, 1.54) is 0 Å². The van der Waals surface area contributed by atoms with Gasteiger partial charge in [0.2, 0.25) is 0 Å². The van der Waals surface area contributed by atoms with Crippen LogP contribution in [-0.2, 0) is 11.3 Å². The molecule has 1 unspecified atom stereocenters. The summed E-state index contributed by atoms with van der Waals surface area (Å²) in [5, 5.41) is 3.34. The van der Waals surface area contributed by atoms with Gasteiger partial charge in [0.25, 0.3) is 0 Å². The lowest BCUT2D eigenvalue weighted by Crippen LogP contribution is -2.44. The standard InChI is InChI=1S/C14H23N3O2/c1-11-6-13(18-3)7-12(16-11)9-17(2)10-14-8-15-4-5-19-14/h6-7,14-15H,4-5,8-10H2,1-3H3. The molecule has 1 aromatic rings. The lowest BCUT2D eigenvalue weighted by Gasteiger charge is -2.27. The number of hydrogen-bond donors (Lipinski definition) is 1. The summed E-state index contributed by atoms with van der Waals surface area (Å²) in [5.74, 6) is 0.867. The first-order chi connectivity index (χ1) is 9.17. The van der Waals surface area contributed by atoms with Crippen molar-refractivity contribution in [3.8, 4) is 5.75 Å². The molecule has 1 saturated heterocycles. The maximum absolute atomic E-state index is 5.71. The lowest BCUT2D eigenvalue weighted by atomic mass is 10.2. The van der Waals surface area contributed by atoms with Crippen molar-refractivity contribution in [3.05, 3.63) is 23.5 Å². The molecule has 1 fully saturated rings.